The number of hydrogen-bond acceptors (Lipinski definition) is 4. The van der Waals surface area contributed by atoms with Gasteiger partial charge in [0.1, 0.15) is 5.75 Å². The van der Waals surface area contributed by atoms with Crippen LogP contribution in [0.1, 0.15) is 50.5 Å². The fourth-order valence-electron chi connectivity index (χ4n) is 2.82. The monoisotopic (exact) mass is 340 g/mol. The molecule has 1 aromatic rings. The molecule has 0 spiro atoms. The van der Waals surface area contributed by atoms with Crippen LogP contribution >= 0.6 is 0 Å². The van der Waals surface area contributed by atoms with Crippen LogP contribution in [-0.4, -0.2) is 35.2 Å². The second-order valence-corrected chi connectivity index (χ2v) is 8.99. The van der Waals surface area contributed by atoms with Crippen LogP contribution < -0.4 is 0 Å². The van der Waals surface area contributed by atoms with E-state index in [1.165, 1.54) is 32.1 Å². The number of unbranched alkanes of at least 4 members (excludes halogenated alkanes) is 6. The Balaban J connectivity index is 2.01. The van der Waals surface area contributed by atoms with Crippen molar-refractivity contribution in [2.75, 3.05) is 21.3 Å². The standard InChI is InChI=1S/C18H32O4Si/c1-20-23(21-2,22-3)16-12-8-6-4-5-7-9-13-17-14-10-11-15-18(17)19/h10-11,14-15,19H,4-9,12-13,16H2,1-3H3. The predicted octanol–water partition coefficient (Wildman–Crippen LogP) is 4.54. The molecule has 0 saturated carbocycles. The van der Waals surface area contributed by atoms with Gasteiger partial charge in [-0.25, -0.2) is 0 Å². The maximum Gasteiger partial charge on any atom is 0.500 e. The third-order valence-corrected chi connectivity index (χ3v) is 7.19. The Hall–Kier alpha value is -0.883. The Bertz CT molecular complexity index is 413. The molecule has 1 rings (SSSR count). The average Bonchev–Trinajstić information content (AvgIpc) is 2.59. The number of aromatic hydroxyl groups is 1. The lowest BCUT2D eigenvalue weighted by atomic mass is 10.0. The Morgan fingerprint density at radius 3 is 1.87 bits per heavy atom. The van der Waals surface area contributed by atoms with E-state index in [0.29, 0.717) is 5.75 Å². The van der Waals surface area contributed by atoms with Crippen molar-refractivity contribution in [1.82, 2.24) is 0 Å². The summed E-state index contributed by atoms with van der Waals surface area (Å²) in [4.78, 5) is 0. The van der Waals surface area contributed by atoms with Crippen molar-refractivity contribution in [2.24, 2.45) is 0 Å². The molecule has 0 amide bonds. The molecule has 0 aliphatic rings. The summed E-state index contributed by atoms with van der Waals surface area (Å²) >= 11 is 0. The molecule has 0 unspecified atom stereocenters. The molecule has 0 radical (unpaired) electrons. The summed E-state index contributed by atoms with van der Waals surface area (Å²) in [5, 5.41) is 9.71. The van der Waals surface area contributed by atoms with Crippen LogP contribution in [0.15, 0.2) is 24.3 Å². The fourth-order valence-corrected chi connectivity index (χ4v) is 4.61. The van der Waals surface area contributed by atoms with E-state index >= 15 is 0 Å². The van der Waals surface area contributed by atoms with Crippen molar-refractivity contribution in [3.63, 3.8) is 0 Å². The highest BCUT2D eigenvalue weighted by Crippen LogP contribution is 2.20. The SMILES string of the molecule is CO[Si](CCCCCCCCCc1ccccc1O)(OC)OC. The first-order valence-electron chi connectivity index (χ1n) is 8.60. The molecule has 0 aromatic heterocycles. The highest BCUT2D eigenvalue weighted by Gasteiger charge is 2.36. The average molecular weight is 341 g/mol. The molecule has 132 valence electrons. The molecule has 0 fully saturated rings. The van der Waals surface area contributed by atoms with Gasteiger partial charge in [-0.1, -0.05) is 50.3 Å². The maximum atomic E-state index is 9.71. The summed E-state index contributed by atoms with van der Waals surface area (Å²) < 4.78 is 16.3. The van der Waals surface area contributed by atoms with Gasteiger partial charge in [-0.05, 0) is 30.9 Å². The number of aryl methyl sites for hydroxylation is 1. The Labute approximate surface area is 142 Å². The van der Waals surface area contributed by atoms with Gasteiger partial charge in [0, 0.05) is 27.4 Å². The van der Waals surface area contributed by atoms with Crippen LogP contribution in [0.3, 0.4) is 0 Å². The molecule has 0 heterocycles. The zero-order valence-corrected chi connectivity index (χ0v) is 15.8. The Morgan fingerprint density at radius 2 is 1.30 bits per heavy atom. The van der Waals surface area contributed by atoms with Crippen molar-refractivity contribution in [3.05, 3.63) is 29.8 Å². The number of benzene rings is 1. The first-order valence-corrected chi connectivity index (χ1v) is 10.5. The summed E-state index contributed by atoms with van der Waals surface area (Å²) in [6.45, 7) is 0. The summed E-state index contributed by atoms with van der Waals surface area (Å²) in [7, 11) is 2.65. The van der Waals surface area contributed by atoms with Crippen molar-refractivity contribution in [2.45, 2.75) is 57.4 Å². The molecule has 23 heavy (non-hydrogen) atoms. The third kappa shape index (κ3) is 7.48. The number of phenolic OH excluding ortho intramolecular Hbond substituents is 1. The summed E-state index contributed by atoms with van der Waals surface area (Å²) in [5.41, 5.74) is 1.06. The highest BCUT2D eigenvalue weighted by atomic mass is 28.4. The van der Waals surface area contributed by atoms with Gasteiger partial charge in [0.15, 0.2) is 0 Å². The van der Waals surface area contributed by atoms with Gasteiger partial charge in [0.25, 0.3) is 0 Å². The first kappa shape index (κ1) is 20.2. The van der Waals surface area contributed by atoms with Crippen LogP contribution in [-0.2, 0) is 19.7 Å². The number of hydrogen-bond donors (Lipinski definition) is 1. The van der Waals surface area contributed by atoms with E-state index in [-0.39, 0.29) is 0 Å². The van der Waals surface area contributed by atoms with Gasteiger partial charge in [0.05, 0.1) is 0 Å². The molecule has 5 heteroatoms. The Kier molecular flexibility index (Phi) is 10.2. The van der Waals surface area contributed by atoms with E-state index < -0.39 is 8.80 Å². The van der Waals surface area contributed by atoms with Gasteiger partial charge in [-0.2, -0.15) is 0 Å². The smallest absolute Gasteiger partial charge is 0.500 e. The molecule has 0 aliphatic heterocycles. The molecule has 0 aliphatic carbocycles. The number of para-hydroxylation sites is 1. The minimum absolute atomic E-state index is 0.426. The number of rotatable bonds is 13. The van der Waals surface area contributed by atoms with Crippen molar-refractivity contribution < 1.29 is 18.4 Å². The van der Waals surface area contributed by atoms with E-state index in [0.717, 1.165) is 30.9 Å². The summed E-state index contributed by atoms with van der Waals surface area (Å²) in [6, 6.07) is 8.51. The lowest BCUT2D eigenvalue weighted by molar-refractivity contribution is 0.122. The maximum absolute atomic E-state index is 9.71. The van der Waals surface area contributed by atoms with E-state index in [1.807, 2.05) is 18.2 Å². The van der Waals surface area contributed by atoms with Gasteiger partial charge < -0.3 is 18.4 Å². The van der Waals surface area contributed by atoms with Crippen molar-refractivity contribution in [3.8, 4) is 5.75 Å². The van der Waals surface area contributed by atoms with E-state index in [1.54, 1.807) is 27.4 Å². The molecular weight excluding hydrogens is 308 g/mol. The van der Waals surface area contributed by atoms with Gasteiger partial charge in [-0.3, -0.25) is 0 Å². The molecule has 1 aromatic carbocycles. The largest absolute Gasteiger partial charge is 0.508 e. The first-order chi connectivity index (χ1) is 11.2. The summed E-state index contributed by atoms with van der Waals surface area (Å²) in [6.07, 6.45) is 9.40. The predicted molar refractivity (Wildman–Crippen MR) is 95.7 cm³/mol. The van der Waals surface area contributed by atoms with Crippen LogP contribution in [0.25, 0.3) is 0 Å². The molecule has 4 nitrogen and oxygen atoms in total. The van der Waals surface area contributed by atoms with E-state index in [2.05, 4.69) is 0 Å². The third-order valence-electron chi connectivity index (χ3n) is 4.35. The van der Waals surface area contributed by atoms with E-state index in [9.17, 15) is 5.11 Å². The van der Waals surface area contributed by atoms with Crippen molar-refractivity contribution in [1.29, 1.82) is 0 Å². The zero-order valence-electron chi connectivity index (χ0n) is 14.8. The number of phenols is 1. The topological polar surface area (TPSA) is 47.9 Å². The highest BCUT2D eigenvalue weighted by molar-refractivity contribution is 6.60. The van der Waals surface area contributed by atoms with Crippen LogP contribution in [0, 0.1) is 0 Å². The van der Waals surface area contributed by atoms with E-state index in [4.69, 9.17) is 13.3 Å². The molecule has 1 N–H and O–H groups in total. The normalized spacial score (nSPS) is 11.8. The zero-order chi connectivity index (χ0) is 17.0. The van der Waals surface area contributed by atoms with Gasteiger partial charge in [0.2, 0.25) is 0 Å². The summed E-state index contributed by atoms with van der Waals surface area (Å²) in [5.74, 6) is 0.426. The lowest BCUT2D eigenvalue weighted by Crippen LogP contribution is -2.42. The van der Waals surface area contributed by atoms with Crippen LogP contribution in [0.4, 0.5) is 0 Å². The molecular formula is C18H32O4Si. The van der Waals surface area contributed by atoms with Gasteiger partial charge in [-0.15, -0.1) is 0 Å². The molecule has 0 bridgehead atoms. The lowest BCUT2D eigenvalue weighted by Gasteiger charge is -2.24. The minimum Gasteiger partial charge on any atom is -0.508 e. The quantitative estimate of drug-likeness (QED) is 0.423. The van der Waals surface area contributed by atoms with Crippen LogP contribution in [0.2, 0.25) is 6.04 Å². The fraction of sp³-hybridized carbons (Fsp3) is 0.667. The molecule has 0 saturated heterocycles. The van der Waals surface area contributed by atoms with Crippen molar-refractivity contribution >= 4 is 8.80 Å². The second kappa shape index (κ2) is 11.6. The Morgan fingerprint density at radius 1 is 0.783 bits per heavy atom. The minimum atomic E-state index is -2.37. The van der Waals surface area contributed by atoms with Crippen LogP contribution in [0.5, 0.6) is 5.75 Å². The van der Waals surface area contributed by atoms with Gasteiger partial charge >= 0.3 is 8.80 Å². The molecule has 0 atom stereocenters. The second-order valence-electron chi connectivity index (χ2n) is 5.90.